The molecule has 2 unspecified atom stereocenters. The molecular weight excluding hydrogens is 278 g/mol. The summed E-state index contributed by atoms with van der Waals surface area (Å²) < 4.78 is 22.3. The van der Waals surface area contributed by atoms with E-state index in [0.717, 1.165) is 19.4 Å². The minimum Gasteiger partial charge on any atom is -0.325 e. The first-order valence-electron chi connectivity index (χ1n) is 6.55. The second-order valence-electron chi connectivity index (χ2n) is 5.11. The SMILES string of the molecule is CC1CCCNC1C(=O)Nc1ccc(S(N)(=O)=O)cc1. The molecule has 1 fully saturated rings. The van der Waals surface area contributed by atoms with E-state index in [1.165, 1.54) is 24.3 Å². The van der Waals surface area contributed by atoms with E-state index in [2.05, 4.69) is 10.6 Å². The quantitative estimate of drug-likeness (QED) is 0.763. The van der Waals surface area contributed by atoms with Crippen molar-refractivity contribution in [3.05, 3.63) is 24.3 Å². The molecule has 4 N–H and O–H groups in total. The molecule has 7 heteroatoms. The van der Waals surface area contributed by atoms with E-state index in [-0.39, 0.29) is 22.8 Å². The van der Waals surface area contributed by atoms with Gasteiger partial charge in [-0.05, 0) is 49.6 Å². The second-order valence-corrected chi connectivity index (χ2v) is 6.67. The third-order valence-electron chi connectivity index (χ3n) is 3.50. The van der Waals surface area contributed by atoms with Crippen LogP contribution in [0, 0.1) is 5.92 Å². The summed E-state index contributed by atoms with van der Waals surface area (Å²) in [5.74, 6) is 0.188. The summed E-state index contributed by atoms with van der Waals surface area (Å²) in [6.07, 6.45) is 2.10. The third-order valence-corrected chi connectivity index (χ3v) is 4.43. The van der Waals surface area contributed by atoms with Crippen LogP contribution in [0.25, 0.3) is 0 Å². The Morgan fingerprint density at radius 3 is 2.55 bits per heavy atom. The number of sulfonamides is 1. The molecule has 110 valence electrons. The Kier molecular flexibility index (Phi) is 4.42. The maximum Gasteiger partial charge on any atom is 0.241 e. The Labute approximate surface area is 118 Å². The molecule has 1 aliphatic rings. The lowest BCUT2D eigenvalue weighted by atomic mass is 9.92. The van der Waals surface area contributed by atoms with Crippen molar-refractivity contribution in [3.8, 4) is 0 Å². The maximum atomic E-state index is 12.1. The fraction of sp³-hybridized carbons (Fsp3) is 0.462. The van der Waals surface area contributed by atoms with Crippen LogP contribution in [-0.4, -0.2) is 26.9 Å². The molecule has 1 saturated heterocycles. The van der Waals surface area contributed by atoms with Crippen LogP contribution in [0.2, 0.25) is 0 Å². The Hall–Kier alpha value is -1.44. The van der Waals surface area contributed by atoms with Crippen molar-refractivity contribution in [1.82, 2.24) is 5.32 Å². The smallest absolute Gasteiger partial charge is 0.241 e. The van der Waals surface area contributed by atoms with Crippen LogP contribution in [-0.2, 0) is 14.8 Å². The molecular formula is C13H19N3O3S. The lowest BCUT2D eigenvalue weighted by Gasteiger charge is -2.28. The first-order valence-corrected chi connectivity index (χ1v) is 8.09. The van der Waals surface area contributed by atoms with E-state index in [4.69, 9.17) is 5.14 Å². The van der Waals surface area contributed by atoms with Gasteiger partial charge in [-0.3, -0.25) is 4.79 Å². The predicted molar refractivity (Wildman–Crippen MR) is 76.6 cm³/mol. The van der Waals surface area contributed by atoms with Crippen LogP contribution >= 0.6 is 0 Å². The van der Waals surface area contributed by atoms with Crippen LogP contribution < -0.4 is 15.8 Å². The molecule has 6 nitrogen and oxygen atoms in total. The van der Waals surface area contributed by atoms with Crippen molar-refractivity contribution < 1.29 is 13.2 Å². The highest BCUT2D eigenvalue weighted by Gasteiger charge is 2.27. The van der Waals surface area contributed by atoms with E-state index >= 15 is 0 Å². The summed E-state index contributed by atoms with van der Waals surface area (Å²) in [4.78, 5) is 12.2. The van der Waals surface area contributed by atoms with Gasteiger partial charge in [-0.15, -0.1) is 0 Å². The molecule has 0 saturated carbocycles. The molecule has 0 aliphatic carbocycles. The number of nitrogens with two attached hydrogens (primary N) is 1. The normalized spacial score (nSPS) is 23.3. The van der Waals surface area contributed by atoms with Gasteiger partial charge in [0, 0.05) is 5.69 Å². The molecule has 1 aromatic rings. The third kappa shape index (κ3) is 3.56. The molecule has 0 bridgehead atoms. The van der Waals surface area contributed by atoms with Gasteiger partial charge in [-0.1, -0.05) is 6.92 Å². The van der Waals surface area contributed by atoms with Gasteiger partial charge in [0.2, 0.25) is 15.9 Å². The van der Waals surface area contributed by atoms with Gasteiger partial charge in [-0.25, -0.2) is 13.6 Å². The van der Waals surface area contributed by atoms with Gasteiger partial charge in [0.1, 0.15) is 0 Å². The number of benzene rings is 1. The molecule has 0 radical (unpaired) electrons. The monoisotopic (exact) mass is 297 g/mol. The van der Waals surface area contributed by atoms with Crippen molar-refractivity contribution in [2.45, 2.75) is 30.7 Å². The number of carbonyl (C=O) groups excluding carboxylic acids is 1. The van der Waals surface area contributed by atoms with E-state index < -0.39 is 10.0 Å². The summed E-state index contributed by atoms with van der Waals surface area (Å²) in [6, 6.07) is 5.61. The fourth-order valence-electron chi connectivity index (χ4n) is 2.35. The first-order chi connectivity index (χ1) is 9.38. The number of anilines is 1. The van der Waals surface area contributed by atoms with Crippen molar-refractivity contribution in [2.75, 3.05) is 11.9 Å². The van der Waals surface area contributed by atoms with Crippen LogP contribution in [0.3, 0.4) is 0 Å². The second kappa shape index (κ2) is 5.90. The highest BCUT2D eigenvalue weighted by molar-refractivity contribution is 7.89. The lowest BCUT2D eigenvalue weighted by molar-refractivity contribution is -0.119. The number of piperidine rings is 1. The number of carbonyl (C=O) groups is 1. The molecule has 1 amide bonds. The van der Waals surface area contributed by atoms with Gasteiger partial charge in [-0.2, -0.15) is 0 Å². The summed E-state index contributed by atoms with van der Waals surface area (Å²) in [6.45, 7) is 2.88. The Morgan fingerprint density at radius 1 is 1.35 bits per heavy atom. The van der Waals surface area contributed by atoms with Crippen LogP contribution in [0.15, 0.2) is 29.2 Å². The van der Waals surface area contributed by atoms with E-state index in [0.29, 0.717) is 5.69 Å². The zero-order chi connectivity index (χ0) is 14.8. The summed E-state index contributed by atoms with van der Waals surface area (Å²) in [7, 11) is -3.70. The number of hydrogen-bond acceptors (Lipinski definition) is 4. The highest BCUT2D eigenvalue weighted by Crippen LogP contribution is 2.18. The van der Waals surface area contributed by atoms with Crippen molar-refractivity contribution >= 4 is 21.6 Å². The molecule has 2 atom stereocenters. The van der Waals surface area contributed by atoms with Gasteiger partial charge in [0.15, 0.2) is 0 Å². The minimum atomic E-state index is -3.70. The topological polar surface area (TPSA) is 101 Å². The molecule has 1 aliphatic heterocycles. The molecule has 20 heavy (non-hydrogen) atoms. The van der Waals surface area contributed by atoms with Gasteiger partial charge in [0.05, 0.1) is 10.9 Å². The Bertz CT molecular complexity index is 583. The van der Waals surface area contributed by atoms with Gasteiger partial charge in [0.25, 0.3) is 0 Å². The van der Waals surface area contributed by atoms with Gasteiger partial charge < -0.3 is 10.6 Å². The van der Waals surface area contributed by atoms with Crippen molar-refractivity contribution in [3.63, 3.8) is 0 Å². The van der Waals surface area contributed by atoms with Crippen LogP contribution in [0.5, 0.6) is 0 Å². The van der Waals surface area contributed by atoms with Gasteiger partial charge >= 0.3 is 0 Å². The number of primary sulfonamides is 1. The molecule has 2 rings (SSSR count). The number of nitrogens with one attached hydrogen (secondary N) is 2. The summed E-state index contributed by atoms with van der Waals surface area (Å²) >= 11 is 0. The Balaban J connectivity index is 2.04. The molecule has 0 spiro atoms. The molecule has 1 heterocycles. The van der Waals surface area contributed by atoms with E-state index in [9.17, 15) is 13.2 Å². The average Bonchev–Trinajstić information content (AvgIpc) is 2.38. The zero-order valence-electron chi connectivity index (χ0n) is 11.3. The van der Waals surface area contributed by atoms with Crippen molar-refractivity contribution in [2.24, 2.45) is 11.1 Å². The van der Waals surface area contributed by atoms with Crippen molar-refractivity contribution in [1.29, 1.82) is 0 Å². The minimum absolute atomic E-state index is 0.0275. The highest BCUT2D eigenvalue weighted by atomic mass is 32.2. The lowest BCUT2D eigenvalue weighted by Crippen LogP contribution is -2.48. The Morgan fingerprint density at radius 2 is 2.00 bits per heavy atom. The molecule has 0 aromatic heterocycles. The predicted octanol–water partition coefficient (Wildman–Crippen LogP) is 0.661. The van der Waals surface area contributed by atoms with Crippen LogP contribution in [0.1, 0.15) is 19.8 Å². The number of rotatable bonds is 3. The summed E-state index contributed by atoms with van der Waals surface area (Å²) in [5.41, 5.74) is 0.557. The van der Waals surface area contributed by atoms with E-state index in [1.54, 1.807) is 0 Å². The van der Waals surface area contributed by atoms with E-state index in [1.807, 2.05) is 6.92 Å². The fourth-order valence-corrected chi connectivity index (χ4v) is 2.86. The molecule has 1 aromatic carbocycles. The standard InChI is InChI=1S/C13H19N3O3S/c1-9-3-2-8-15-12(9)13(17)16-10-4-6-11(7-5-10)20(14,18)19/h4-7,9,12,15H,2-3,8H2,1H3,(H,16,17)(H2,14,18,19). The largest absolute Gasteiger partial charge is 0.325 e. The average molecular weight is 297 g/mol. The van der Waals surface area contributed by atoms with Crippen LogP contribution in [0.4, 0.5) is 5.69 Å². The summed E-state index contributed by atoms with van der Waals surface area (Å²) in [5, 5.41) is 11.0. The number of hydrogen-bond donors (Lipinski definition) is 3. The number of amides is 1. The zero-order valence-corrected chi connectivity index (χ0v) is 12.1. The first kappa shape index (κ1) is 15.0. The maximum absolute atomic E-state index is 12.1.